The van der Waals surface area contributed by atoms with Crippen LogP contribution >= 0.6 is 46.4 Å². The Labute approximate surface area is 118 Å². The fraction of sp³-hybridized carbons (Fsp3) is 0.333. The fourth-order valence-corrected chi connectivity index (χ4v) is 1.93. The van der Waals surface area contributed by atoms with E-state index in [1.54, 1.807) is 0 Å². The molecule has 1 aromatic carbocycles. The summed E-state index contributed by atoms with van der Waals surface area (Å²) in [6.45, 7) is 0. The zero-order valence-electron chi connectivity index (χ0n) is 8.55. The van der Waals surface area contributed by atoms with Gasteiger partial charge in [-0.25, -0.2) is 0 Å². The van der Waals surface area contributed by atoms with Crippen LogP contribution in [0.1, 0.15) is 5.56 Å². The minimum Gasteiger partial charge on any atom is -0.496 e. The molecule has 0 amide bonds. The highest BCUT2D eigenvalue weighted by Crippen LogP contribution is 2.39. The second-order valence-electron chi connectivity index (χ2n) is 3.16. The van der Waals surface area contributed by atoms with E-state index in [9.17, 15) is 10.1 Å². The van der Waals surface area contributed by atoms with Crippen LogP contribution in [0.2, 0.25) is 5.02 Å². The molecule has 1 aromatic rings. The summed E-state index contributed by atoms with van der Waals surface area (Å²) in [4.78, 5) is 10.1. The summed E-state index contributed by atoms with van der Waals surface area (Å²) in [5.41, 5.74) is 0.236. The predicted octanol–water partition coefficient (Wildman–Crippen LogP) is 4.17. The molecular weight excluding hydrogens is 312 g/mol. The van der Waals surface area contributed by atoms with Crippen molar-refractivity contribution in [3.63, 3.8) is 0 Å². The van der Waals surface area contributed by atoms with Gasteiger partial charge in [0.25, 0.3) is 5.69 Å². The number of hydrogen-bond acceptors (Lipinski definition) is 3. The molecule has 0 aliphatic rings. The van der Waals surface area contributed by atoms with Crippen LogP contribution in [0.25, 0.3) is 0 Å². The third-order valence-corrected chi connectivity index (χ3v) is 2.69. The average molecular weight is 319 g/mol. The summed E-state index contributed by atoms with van der Waals surface area (Å²) < 4.78 is 3.45. The SMILES string of the molecule is COc1cc([N+](=O)[O-])cc(Cl)c1CC(Cl)(Cl)Cl. The van der Waals surface area contributed by atoms with Gasteiger partial charge in [0, 0.05) is 18.1 Å². The molecule has 0 atom stereocenters. The van der Waals surface area contributed by atoms with Crippen LogP contribution in [-0.4, -0.2) is 15.8 Å². The van der Waals surface area contributed by atoms with Gasteiger partial charge < -0.3 is 4.74 Å². The van der Waals surface area contributed by atoms with E-state index in [0.717, 1.165) is 0 Å². The molecule has 0 aromatic heterocycles. The first kappa shape index (κ1) is 14.6. The number of ether oxygens (including phenoxy) is 1. The van der Waals surface area contributed by atoms with E-state index in [1.807, 2.05) is 0 Å². The smallest absolute Gasteiger partial charge is 0.274 e. The van der Waals surface area contributed by atoms with Crippen LogP contribution in [0, 0.1) is 10.1 Å². The van der Waals surface area contributed by atoms with Crippen molar-refractivity contribution >= 4 is 52.1 Å². The maximum Gasteiger partial charge on any atom is 0.274 e. The minimum atomic E-state index is -1.55. The van der Waals surface area contributed by atoms with Crippen molar-refractivity contribution in [1.29, 1.82) is 0 Å². The van der Waals surface area contributed by atoms with Gasteiger partial charge in [-0.1, -0.05) is 46.4 Å². The Morgan fingerprint density at radius 2 is 2.00 bits per heavy atom. The predicted molar refractivity (Wildman–Crippen MR) is 68.7 cm³/mol. The number of nitrogens with zero attached hydrogens (tertiary/aromatic N) is 1. The summed E-state index contributed by atoms with van der Waals surface area (Å²) >= 11 is 22.9. The number of nitro benzene ring substituents is 1. The van der Waals surface area contributed by atoms with Crippen LogP contribution in [-0.2, 0) is 6.42 Å². The van der Waals surface area contributed by atoms with Crippen molar-refractivity contribution in [2.45, 2.75) is 10.2 Å². The Kier molecular flexibility index (Phi) is 4.72. The Morgan fingerprint density at radius 3 is 2.41 bits per heavy atom. The molecule has 0 heterocycles. The molecule has 0 aliphatic heterocycles. The Balaban J connectivity index is 3.26. The van der Waals surface area contributed by atoms with Crippen molar-refractivity contribution in [1.82, 2.24) is 0 Å². The Hall–Kier alpha value is -0.420. The van der Waals surface area contributed by atoms with Crippen LogP contribution in [0.3, 0.4) is 0 Å². The monoisotopic (exact) mass is 317 g/mol. The van der Waals surface area contributed by atoms with Gasteiger partial charge in [-0.2, -0.15) is 0 Å². The van der Waals surface area contributed by atoms with E-state index < -0.39 is 8.72 Å². The lowest BCUT2D eigenvalue weighted by Gasteiger charge is -2.15. The van der Waals surface area contributed by atoms with Crippen LogP contribution in [0.15, 0.2) is 12.1 Å². The van der Waals surface area contributed by atoms with E-state index in [0.29, 0.717) is 5.56 Å². The van der Waals surface area contributed by atoms with Crippen LogP contribution < -0.4 is 4.74 Å². The highest BCUT2D eigenvalue weighted by molar-refractivity contribution is 6.67. The van der Waals surface area contributed by atoms with E-state index in [2.05, 4.69) is 0 Å². The standard InChI is InChI=1S/C9H7Cl4NO3/c1-17-8-3-5(14(15)16)2-7(10)6(8)4-9(11,12)13/h2-3H,4H2,1H3. The van der Waals surface area contributed by atoms with Gasteiger partial charge in [0.2, 0.25) is 0 Å². The van der Waals surface area contributed by atoms with Crippen molar-refractivity contribution in [2.75, 3.05) is 7.11 Å². The van der Waals surface area contributed by atoms with E-state index in [4.69, 9.17) is 51.1 Å². The molecular formula is C9H7Cl4NO3. The lowest BCUT2D eigenvalue weighted by atomic mass is 10.1. The van der Waals surface area contributed by atoms with Crippen LogP contribution in [0.4, 0.5) is 5.69 Å². The number of alkyl halides is 3. The Bertz CT molecular complexity index is 445. The highest BCUT2D eigenvalue weighted by Gasteiger charge is 2.26. The normalized spacial score (nSPS) is 11.4. The molecule has 0 fully saturated rings. The molecule has 1 rings (SSSR count). The number of nitro groups is 1. The van der Waals surface area contributed by atoms with Crippen molar-refractivity contribution in [2.24, 2.45) is 0 Å². The summed E-state index contributed by atoms with van der Waals surface area (Å²) in [7, 11) is 1.36. The van der Waals surface area contributed by atoms with Gasteiger partial charge in [-0.15, -0.1) is 0 Å². The molecule has 0 saturated heterocycles. The molecule has 0 unspecified atom stereocenters. The van der Waals surface area contributed by atoms with Crippen molar-refractivity contribution in [3.8, 4) is 5.75 Å². The molecule has 0 N–H and O–H groups in total. The summed E-state index contributed by atoms with van der Waals surface area (Å²) in [5, 5.41) is 10.8. The lowest BCUT2D eigenvalue weighted by molar-refractivity contribution is -0.384. The molecule has 8 heteroatoms. The van der Waals surface area contributed by atoms with E-state index in [-0.39, 0.29) is 22.9 Å². The first-order valence-electron chi connectivity index (χ1n) is 4.32. The number of halogens is 4. The summed E-state index contributed by atoms with van der Waals surface area (Å²) in [6, 6.07) is 2.42. The van der Waals surface area contributed by atoms with Crippen molar-refractivity contribution < 1.29 is 9.66 Å². The molecule has 0 saturated carbocycles. The number of rotatable bonds is 3. The Morgan fingerprint density at radius 1 is 1.41 bits per heavy atom. The third-order valence-electron chi connectivity index (χ3n) is 1.95. The molecule has 0 radical (unpaired) electrons. The van der Waals surface area contributed by atoms with Crippen LogP contribution in [0.5, 0.6) is 5.75 Å². The number of hydrogen-bond donors (Lipinski definition) is 0. The van der Waals surface area contributed by atoms with Gasteiger partial charge in [-0.05, 0) is 0 Å². The third kappa shape index (κ3) is 4.07. The molecule has 94 valence electrons. The minimum absolute atomic E-state index is 0.00231. The first-order chi connectivity index (χ1) is 7.74. The molecule has 17 heavy (non-hydrogen) atoms. The van der Waals surface area contributed by atoms with Gasteiger partial charge in [-0.3, -0.25) is 10.1 Å². The largest absolute Gasteiger partial charge is 0.496 e. The number of benzene rings is 1. The van der Waals surface area contributed by atoms with E-state index >= 15 is 0 Å². The highest BCUT2D eigenvalue weighted by atomic mass is 35.6. The topological polar surface area (TPSA) is 52.4 Å². The molecule has 0 spiro atoms. The molecule has 4 nitrogen and oxygen atoms in total. The van der Waals surface area contributed by atoms with Gasteiger partial charge >= 0.3 is 0 Å². The fourth-order valence-electron chi connectivity index (χ4n) is 1.26. The van der Waals surface area contributed by atoms with Gasteiger partial charge in [0.1, 0.15) is 5.75 Å². The first-order valence-corrected chi connectivity index (χ1v) is 5.83. The quantitative estimate of drug-likeness (QED) is 0.477. The number of non-ortho nitro benzene ring substituents is 1. The van der Waals surface area contributed by atoms with Crippen molar-refractivity contribution in [3.05, 3.63) is 32.8 Å². The second-order valence-corrected chi connectivity index (χ2v) is 6.08. The van der Waals surface area contributed by atoms with Gasteiger partial charge in [0.05, 0.1) is 23.1 Å². The molecule has 0 aliphatic carbocycles. The van der Waals surface area contributed by atoms with Gasteiger partial charge in [0.15, 0.2) is 3.79 Å². The zero-order chi connectivity index (χ0) is 13.2. The summed E-state index contributed by atoms with van der Waals surface area (Å²) in [6.07, 6.45) is -0.00231. The van der Waals surface area contributed by atoms with E-state index in [1.165, 1.54) is 19.2 Å². The maximum atomic E-state index is 10.6. The lowest BCUT2D eigenvalue weighted by Crippen LogP contribution is -2.09. The number of methoxy groups -OCH3 is 1. The average Bonchev–Trinajstić information content (AvgIpc) is 2.18. The maximum absolute atomic E-state index is 10.6. The zero-order valence-corrected chi connectivity index (χ0v) is 11.6. The summed E-state index contributed by atoms with van der Waals surface area (Å²) in [5.74, 6) is 0.218. The second kappa shape index (κ2) is 5.48. The molecule has 0 bridgehead atoms.